The van der Waals surface area contributed by atoms with Gasteiger partial charge in [-0.05, 0) is 18.4 Å². The van der Waals surface area contributed by atoms with Gasteiger partial charge in [0.25, 0.3) is 0 Å². The van der Waals surface area contributed by atoms with Gasteiger partial charge in [0.1, 0.15) is 6.33 Å². The van der Waals surface area contributed by atoms with Gasteiger partial charge in [0, 0.05) is 32.2 Å². The summed E-state index contributed by atoms with van der Waals surface area (Å²) in [5.41, 5.74) is 1.27. The van der Waals surface area contributed by atoms with Gasteiger partial charge in [-0.2, -0.15) is 10.1 Å². The van der Waals surface area contributed by atoms with Crippen LogP contribution in [0.4, 0.5) is 5.95 Å². The second kappa shape index (κ2) is 9.21. The molecular weight excluding hydrogens is 375 g/mol. The average Bonchev–Trinajstić information content (AvgIpc) is 3.34. The number of nitrogens with zero attached hydrogens (tertiary/aromatic N) is 4. The van der Waals surface area contributed by atoms with Crippen molar-refractivity contribution in [2.75, 3.05) is 31.1 Å². The summed E-state index contributed by atoms with van der Waals surface area (Å²) >= 11 is 0. The topological polar surface area (TPSA) is 77.2 Å². The van der Waals surface area contributed by atoms with E-state index in [2.05, 4.69) is 49.7 Å². The van der Waals surface area contributed by atoms with Crippen LogP contribution in [0.2, 0.25) is 0 Å². The van der Waals surface area contributed by atoms with E-state index in [0.29, 0.717) is 0 Å². The molecule has 2 atom stereocenters. The number of carbonyl (C=O) groups is 1. The number of H-pyrrole nitrogens is 1. The molecule has 3 heterocycles. The van der Waals surface area contributed by atoms with Crippen LogP contribution < -0.4 is 10.2 Å². The monoisotopic (exact) mass is 398 g/mol. The molecule has 0 radical (unpaired) electrons. The zero-order valence-corrected chi connectivity index (χ0v) is 16.0. The maximum Gasteiger partial charge on any atom is 0.239 e. The highest BCUT2D eigenvalue weighted by atomic mass is 35.5. The summed E-state index contributed by atoms with van der Waals surface area (Å²) in [6.45, 7) is 3.03. The highest BCUT2D eigenvalue weighted by Gasteiger charge is 2.33. The van der Waals surface area contributed by atoms with Gasteiger partial charge < -0.3 is 9.80 Å². The van der Waals surface area contributed by atoms with E-state index in [1.807, 2.05) is 11.0 Å². The molecule has 2 aliphatic heterocycles. The molecule has 1 aromatic heterocycles. The standard InChI is InChI=1S/C17H22N6O.2ClH/c24-16(15-7-6-14(20-15)13-4-2-1-3-5-13)22-8-10-23(11-9-22)17-18-12-19-21-17;;/h1-5,12,14-15,20H,6-11H2,(H,18,19,21);2*1H/t14-,15-;;/m1../s1. The minimum atomic E-state index is -0.0629. The number of aromatic amines is 1. The van der Waals surface area contributed by atoms with E-state index in [1.54, 1.807) is 0 Å². The Morgan fingerprint density at radius 2 is 1.77 bits per heavy atom. The normalized spacial score (nSPS) is 22.5. The van der Waals surface area contributed by atoms with Crippen LogP contribution in [-0.4, -0.2) is 58.2 Å². The van der Waals surface area contributed by atoms with Gasteiger partial charge in [0.05, 0.1) is 6.04 Å². The molecule has 1 amide bonds. The SMILES string of the molecule is Cl.Cl.O=C([C@H]1CC[C@H](c2ccccc2)N1)N1CCN(c2ncn[nH]2)CC1. The lowest BCUT2D eigenvalue weighted by atomic mass is 10.1. The van der Waals surface area contributed by atoms with E-state index in [1.165, 1.54) is 11.9 Å². The van der Waals surface area contributed by atoms with Crippen molar-refractivity contribution in [3.8, 4) is 0 Å². The Balaban J connectivity index is 0.00000121. The Morgan fingerprint density at radius 3 is 2.42 bits per heavy atom. The van der Waals surface area contributed by atoms with Gasteiger partial charge in [-0.1, -0.05) is 30.3 Å². The lowest BCUT2D eigenvalue weighted by molar-refractivity contribution is -0.133. The van der Waals surface area contributed by atoms with Crippen molar-refractivity contribution in [2.24, 2.45) is 0 Å². The molecule has 2 fully saturated rings. The molecule has 0 bridgehead atoms. The van der Waals surface area contributed by atoms with Crippen molar-refractivity contribution < 1.29 is 4.79 Å². The van der Waals surface area contributed by atoms with E-state index in [4.69, 9.17) is 0 Å². The maximum atomic E-state index is 12.8. The predicted octanol–water partition coefficient (Wildman–Crippen LogP) is 1.79. The van der Waals surface area contributed by atoms with Crippen molar-refractivity contribution in [2.45, 2.75) is 24.9 Å². The minimum Gasteiger partial charge on any atom is -0.338 e. The van der Waals surface area contributed by atoms with Crippen LogP contribution in [-0.2, 0) is 4.79 Å². The van der Waals surface area contributed by atoms with Gasteiger partial charge in [-0.25, -0.2) is 5.10 Å². The maximum absolute atomic E-state index is 12.8. The molecule has 0 spiro atoms. The molecule has 7 nitrogen and oxygen atoms in total. The number of rotatable bonds is 3. The smallest absolute Gasteiger partial charge is 0.239 e. The predicted molar refractivity (Wildman–Crippen MR) is 105 cm³/mol. The Hall–Kier alpha value is -1.83. The van der Waals surface area contributed by atoms with Crippen LogP contribution in [0, 0.1) is 0 Å². The molecule has 2 saturated heterocycles. The van der Waals surface area contributed by atoms with Crippen LogP contribution in [0.1, 0.15) is 24.4 Å². The fourth-order valence-corrected chi connectivity index (χ4v) is 3.60. The number of benzene rings is 1. The zero-order valence-electron chi connectivity index (χ0n) is 14.4. The molecule has 2 N–H and O–H groups in total. The summed E-state index contributed by atoms with van der Waals surface area (Å²) in [7, 11) is 0. The second-order valence-electron chi connectivity index (χ2n) is 6.38. The fraction of sp³-hybridized carbons (Fsp3) is 0.471. The summed E-state index contributed by atoms with van der Waals surface area (Å²) in [6, 6.07) is 10.6. The lowest BCUT2D eigenvalue weighted by Crippen LogP contribution is -2.53. The van der Waals surface area contributed by atoms with E-state index >= 15 is 0 Å². The first-order valence-electron chi connectivity index (χ1n) is 8.51. The molecule has 2 aromatic rings. The third-order valence-corrected chi connectivity index (χ3v) is 4.94. The fourth-order valence-electron chi connectivity index (χ4n) is 3.60. The number of halogens is 2. The minimum absolute atomic E-state index is 0. The molecule has 9 heteroatoms. The number of carbonyl (C=O) groups excluding carboxylic acids is 1. The first kappa shape index (κ1) is 20.5. The van der Waals surface area contributed by atoms with E-state index < -0.39 is 0 Å². The van der Waals surface area contributed by atoms with Crippen LogP contribution in [0.15, 0.2) is 36.7 Å². The summed E-state index contributed by atoms with van der Waals surface area (Å²) < 4.78 is 0. The molecule has 26 heavy (non-hydrogen) atoms. The lowest BCUT2D eigenvalue weighted by Gasteiger charge is -2.35. The Bertz CT molecular complexity index is 676. The van der Waals surface area contributed by atoms with E-state index in [-0.39, 0.29) is 42.8 Å². The first-order valence-corrected chi connectivity index (χ1v) is 8.51. The molecule has 2 aliphatic rings. The molecule has 0 unspecified atom stereocenters. The van der Waals surface area contributed by atoms with Gasteiger partial charge in [0.15, 0.2) is 0 Å². The number of aromatic nitrogens is 3. The number of hydrogen-bond acceptors (Lipinski definition) is 5. The van der Waals surface area contributed by atoms with Gasteiger partial charge >= 0.3 is 0 Å². The Morgan fingerprint density at radius 1 is 1.04 bits per heavy atom. The second-order valence-corrected chi connectivity index (χ2v) is 6.38. The van der Waals surface area contributed by atoms with Crippen LogP contribution >= 0.6 is 24.8 Å². The van der Waals surface area contributed by atoms with E-state index in [9.17, 15) is 4.79 Å². The molecular formula is C17H24Cl2N6O. The van der Waals surface area contributed by atoms with Gasteiger partial charge in [0.2, 0.25) is 11.9 Å². The van der Waals surface area contributed by atoms with Crippen molar-refractivity contribution in [1.82, 2.24) is 25.4 Å². The van der Waals surface area contributed by atoms with Crippen LogP contribution in [0.3, 0.4) is 0 Å². The number of nitrogens with one attached hydrogen (secondary N) is 2. The Labute approximate surface area is 165 Å². The first-order chi connectivity index (χ1) is 11.8. The average molecular weight is 399 g/mol. The molecule has 0 aliphatic carbocycles. The highest BCUT2D eigenvalue weighted by Crippen LogP contribution is 2.27. The zero-order chi connectivity index (χ0) is 16.4. The number of piperazine rings is 1. The number of hydrogen-bond donors (Lipinski definition) is 2. The highest BCUT2D eigenvalue weighted by molar-refractivity contribution is 5.85. The third kappa shape index (κ3) is 4.28. The summed E-state index contributed by atoms with van der Waals surface area (Å²) in [6.07, 6.45) is 3.43. The van der Waals surface area contributed by atoms with Gasteiger partial charge in [-0.3, -0.25) is 10.1 Å². The Kier molecular flexibility index (Phi) is 7.25. The number of anilines is 1. The molecule has 1 aromatic carbocycles. The number of amides is 1. The molecule has 142 valence electrons. The third-order valence-electron chi connectivity index (χ3n) is 4.94. The van der Waals surface area contributed by atoms with E-state index in [0.717, 1.165) is 45.0 Å². The van der Waals surface area contributed by atoms with Crippen molar-refractivity contribution in [3.63, 3.8) is 0 Å². The quantitative estimate of drug-likeness (QED) is 0.823. The largest absolute Gasteiger partial charge is 0.338 e. The van der Waals surface area contributed by atoms with Crippen molar-refractivity contribution in [3.05, 3.63) is 42.2 Å². The van der Waals surface area contributed by atoms with Crippen LogP contribution in [0.5, 0.6) is 0 Å². The molecule has 0 saturated carbocycles. The van der Waals surface area contributed by atoms with Gasteiger partial charge in [-0.15, -0.1) is 24.8 Å². The van der Waals surface area contributed by atoms with Crippen molar-refractivity contribution in [1.29, 1.82) is 0 Å². The summed E-state index contributed by atoms with van der Waals surface area (Å²) in [5.74, 6) is 1.01. The van der Waals surface area contributed by atoms with Crippen LogP contribution in [0.25, 0.3) is 0 Å². The summed E-state index contributed by atoms with van der Waals surface area (Å²) in [5, 5.41) is 10.3. The van der Waals surface area contributed by atoms with Crippen molar-refractivity contribution >= 4 is 36.7 Å². The summed E-state index contributed by atoms with van der Waals surface area (Å²) in [4.78, 5) is 21.1. The molecule has 4 rings (SSSR count).